The van der Waals surface area contributed by atoms with Crippen molar-refractivity contribution in [3.05, 3.63) is 78.6 Å². The van der Waals surface area contributed by atoms with Crippen LogP contribution in [0.25, 0.3) is 0 Å². The fourth-order valence-electron chi connectivity index (χ4n) is 2.55. The molecule has 1 unspecified atom stereocenters. The number of nitriles is 1. The van der Waals surface area contributed by atoms with Gasteiger partial charge in [0.25, 0.3) is 0 Å². The predicted octanol–water partition coefficient (Wildman–Crippen LogP) is 4.19. The van der Waals surface area contributed by atoms with Crippen LogP contribution in [0.1, 0.15) is 5.56 Å². The Morgan fingerprint density at radius 2 is 1.62 bits per heavy atom. The molecule has 7 nitrogen and oxygen atoms in total. The van der Waals surface area contributed by atoms with Gasteiger partial charge >= 0.3 is 6.36 Å². The molecule has 0 aliphatic carbocycles. The standard InChI is InChI=1S/C21H16F3N5O2S/c22-21(23,24)31-17-3-7-19(8-4-17)32(30)18-5-1-15(2-6-18)13-27-20(28-14-25)29-16-9-11-26-12-10-16/h1-12H,13H2,(H2,26,27,28,29). The van der Waals surface area contributed by atoms with Crippen LogP contribution in [0.5, 0.6) is 5.75 Å². The first-order valence-corrected chi connectivity index (χ1v) is 10.2. The highest BCUT2D eigenvalue weighted by atomic mass is 32.2. The van der Waals surface area contributed by atoms with Gasteiger partial charge in [-0.15, -0.1) is 18.2 Å². The van der Waals surface area contributed by atoms with E-state index in [0.29, 0.717) is 22.0 Å². The van der Waals surface area contributed by atoms with Crippen molar-refractivity contribution < 1.29 is 22.5 Å². The number of rotatable bonds is 6. The number of ether oxygens (including phenoxy) is 1. The number of guanidine groups is 1. The second-order valence-electron chi connectivity index (χ2n) is 6.21. The smallest absolute Gasteiger partial charge is 0.573 e. The molecule has 0 amide bonds. The maximum Gasteiger partial charge on any atom is 0.573 e. The zero-order chi connectivity index (χ0) is 23.0. The van der Waals surface area contributed by atoms with E-state index in [2.05, 4.69) is 25.3 Å². The molecule has 3 aromatic rings. The van der Waals surface area contributed by atoms with Crippen LogP contribution in [-0.2, 0) is 17.7 Å². The van der Waals surface area contributed by atoms with Crippen molar-refractivity contribution in [3.8, 4) is 11.9 Å². The average molecular weight is 459 g/mol. The van der Waals surface area contributed by atoms with Crippen LogP contribution in [0.2, 0.25) is 0 Å². The van der Waals surface area contributed by atoms with E-state index < -0.39 is 17.5 Å². The molecular weight excluding hydrogens is 443 g/mol. The highest BCUT2D eigenvalue weighted by molar-refractivity contribution is 7.91. The minimum Gasteiger partial charge on any atom is -0.606 e. The third-order valence-electron chi connectivity index (χ3n) is 3.97. The lowest BCUT2D eigenvalue weighted by atomic mass is 10.2. The summed E-state index contributed by atoms with van der Waals surface area (Å²) in [6, 6.07) is 15.1. The van der Waals surface area contributed by atoms with Gasteiger partial charge in [-0.3, -0.25) is 4.98 Å². The largest absolute Gasteiger partial charge is 0.606 e. The zero-order valence-corrected chi connectivity index (χ0v) is 17.2. The molecule has 1 heterocycles. The molecule has 0 radical (unpaired) electrons. The van der Waals surface area contributed by atoms with Gasteiger partial charge < -0.3 is 19.9 Å². The van der Waals surface area contributed by atoms with Crippen LogP contribution in [-0.4, -0.2) is 21.9 Å². The van der Waals surface area contributed by atoms with E-state index in [1.165, 1.54) is 12.1 Å². The number of nitrogens with zero attached hydrogens (tertiary/aromatic N) is 3. The summed E-state index contributed by atoms with van der Waals surface area (Å²) in [6.07, 6.45) is 0.136. The Morgan fingerprint density at radius 3 is 2.19 bits per heavy atom. The second-order valence-corrected chi connectivity index (χ2v) is 7.69. The topological polar surface area (TPSA) is 105 Å². The summed E-state index contributed by atoms with van der Waals surface area (Å²) in [6.45, 7) is 0.342. The highest BCUT2D eigenvalue weighted by Crippen LogP contribution is 2.26. The zero-order valence-electron chi connectivity index (χ0n) is 16.3. The van der Waals surface area contributed by atoms with Crippen molar-refractivity contribution in [1.82, 2.24) is 10.3 Å². The van der Waals surface area contributed by atoms with Crippen LogP contribution < -0.4 is 15.4 Å². The molecule has 32 heavy (non-hydrogen) atoms. The summed E-state index contributed by atoms with van der Waals surface area (Å²) in [5.41, 5.74) is 1.54. The van der Waals surface area contributed by atoms with Crippen LogP contribution in [0.15, 0.2) is 87.8 Å². The van der Waals surface area contributed by atoms with Gasteiger partial charge in [0.15, 0.2) is 9.79 Å². The maximum absolute atomic E-state index is 12.7. The minimum absolute atomic E-state index is 0.257. The van der Waals surface area contributed by atoms with Gasteiger partial charge in [-0.2, -0.15) is 5.26 Å². The number of pyridine rings is 1. The SMILES string of the molecule is N#CN=C(NCc1ccc([S+]([O-])c2ccc(OC(F)(F)F)cc2)cc1)Nc1ccncc1. The van der Waals surface area contributed by atoms with E-state index in [1.807, 2.05) is 0 Å². The van der Waals surface area contributed by atoms with Crippen molar-refractivity contribution in [2.45, 2.75) is 22.7 Å². The Bertz CT molecular complexity index is 1090. The molecule has 0 bridgehead atoms. The number of hydrogen-bond donors (Lipinski definition) is 2. The first-order valence-electron chi connectivity index (χ1n) is 9.08. The molecule has 164 valence electrons. The Morgan fingerprint density at radius 1 is 1.03 bits per heavy atom. The minimum atomic E-state index is -4.78. The summed E-state index contributed by atoms with van der Waals surface area (Å²) in [7, 11) is 0. The third kappa shape index (κ3) is 6.90. The van der Waals surface area contributed by atoms with E-state index in [-0.39, 0.29) is 11.7 Å². The van der Waals surface area contributed by atoms with Crippen molar-refractivity contribution in [3.63, 3.8) is 0 Å². The molecule has 2 aromatic carbocycles. The monoisotopic (exact) mass is 459 g/mol. The Kier molecular flexibility index (Phi) is 7.54. The van der Waals surface area contributed by atoms with Gasteiger partial charge in [-0.1, -0.05) is 12.1 Å². The van der Waals surface area contributed by atoms with Gasteiger partial charge in [-0.05, 0) is 54.1 Å². The van der Waals surface area contributed by atoms with E-state index in [0.717, 1.165) is 17.7 Å². The summed E-state index contributed by atoms with van der Waals surface area (Å²) >= 11 is -1.57. The Labute approximate surface area is 184 Å². The number of aliphatic imine (C=N–C) groups is 1. The number of hydrogen-bond acceptors (Lipinski definition) is 5. The predicted molar refractivity (Wildman–Crippen MR) is 112 cm³/mol. The highest BCUT2D eigenvalue weighted by Gasteiger charge is 2.31. The van der Waals surface area contributed by atoms with E-state index >= 15 is 0 Å². The number of halogens is 3. The van der Waals surface area contributed by atoms with Crippen LogP contribution in [0, 0.1) is 11.5 Å². The molecule has 3 rings (SSSR count). The average Bonchev–Trinajstić information content (AvgIpc) is 2.78. The molecular formula is C21H16F3N5O2S. The van der Waals surface area contributed by atoms with E-state index in [4.69, 9.17) is 5.26 Å². The summed E-state index contributed by atoms with van der Waals surface area (Å²) in [4.78, 5) is 8.44. The summed E-state index contributed by atoms with van der Waals surface area (Å²) in [5, 5.41) is 14.8. The lowest BCUT2D eigenvalue weighted by molar-refractivity contribution is -0.274. The van der Waals surface area contributed by atoms with E-state index in [1.54, 1.807) is 55.0 Å². The molecule has 1 aromatic heterocycles. The molecule has 0 aliphatic heterocycles. The molecule has 0 saturated heterocycles. The van der Waals surface area contributed by atoms with Crippen molar-refractivity contribution >= 4 is 22.8 Å². The normalized spacial score (nSPS) is 12.5. The van der Waals surface area contributed by atoms with Crippen LogP contribution in [0.4, 0.5) is 18.9 Å². The fourth-order valence-corrected chi connectivity index (χ4v) is 3.59. The van der Waals surface area contributed by atoms with Gasteiger partial charge in [0.2, 0.25) is 12.2 Å². The number of anilines is 1. The summed E-state index contributed by atoms with van der Waals surface area (Å²) < 4.78 is 53.2. The quantitative estimate of drug-likeness (QED) is 0.248. The molecule has 0 aliphatic rings. The molecule has 0 spiro atoms. The van der Waals surface area contributed by atoms with Crippen LogP contribution >= 0.6 is 0 Å². The van der Waals surface area contributed by atoms with E-state index in [9.17, 15) is 17.7 Å². The molecule has 0 saturated carbocycles. The second kappa shape index (κ2) is 10.5. The third-order valence-corrected chi connectivity index (χ3v) is 5.37. The van der Waals surface area contributed by atoms with Crippen molar-refractivity contribution in [2.24, 2.45) is 4.99 Å². The first kappa shape index (κ1) is 22.9. The van der Waals surface area contributed by atoms with Crippen LogP contribution in [0.3, 0.4) is 0 Å². The van der Waals surface area contributed by atoms with Gasteiger partial charge in [0.1, 0.15) is 5.75 Å². The lowest BCUT2D eigenvalue weighted by Crippen LogP contribution is -2.30. The van der Waals surface area contributed by atoms with Crippen molar-refractivity contribution in [2.75, 3.05) is 5.32 Å². The molecule has 0 fully saturated rings. The number of benzene rings is 2. The number of aromatic nitrogens is 1. The van der Waals surface area contributed by atoms with Crippen molar-refractivity contribution in [1.29, 1.82) is 5.26 Å². The number of alkyl halides is 3. The Balaban J connectivity index is 1.60. The lowest BCUT2D eigenvalue weighted by Gasteiger charge is -2.13. The fraction of sp³-hybridized carbons (Fsp3) is 0.0952. The molecule has 2 N–H and O–H groups in total. The van der Waals surface area contributed by atoms with Gasteiger partial charge in [-0.25, -0.2) is 0 Å². The van der Waals surface area contributed by atoms with Gasteiger partial charge in [0.05, 0.1) is 0 Å². The first-order chi connectivity index (χ1) is 15.3. The number of nitrogens with one attached hydrogen (secondary N) is 2. The molecule has 11 heteroatoms. The summed E-state index contributed by atoms with van der Waals surface area (Å²) in [5.74, 6) is -0.123. The maximum atomic E-state index is 12.7. The Hall–Kier alpha value is -3.75. The molecule has 1 atom stereocenters. The van der Waals surface area contributed by atoms with Gasteiger partial charge in [0, 0.05) is 35.8 Å².